The molecule has 1 aromatic rings. The van der Waals surface area contributed by atoms with Crippen LogP contribution in [0.1, 0.15) is 50.1 Å². The first-order valence-corrected chi connectivity index (χ1v) is 6.54. The van der Waals surface area contributed by atoms with E-state index in [4.69, 9.17) is 0 Å². The average molecular weight is 281 g/mol. The summed E-state index contributed by atoms with van der Waals surface area (Å²) in [7, 11) is 0. The first kappa shape index (κ1) is 15.4. The lowest BCUT2D eigenvalue weighted by Crippen LogP contribution is -2.19. The van der Waals surface area contributed by atoms with Crippen molar-refractivity contribution in [1.29, 1.82) is 0 Å². The minimum Gasteiger partial charge on any atom is -0.388 e. The Balaban J connectivity index is 2.74. The van der Waals surface area contributed by atoms with E-state index in [0.717, 1.165) is 6.20 Å². The van der Waals surface area contributed by atoms with Crippen LogP contribution >= 0.6 is 11.3 Å². The number of alkyl halides is 3. The highest BCUT2D eigenvalue weighted by Crippen LogP contribution is 2.38. The van der Waals surface area contributed by atoms with Crippen LogP contribution in [0.4, 0.5) is 13.2 Å². The summed E-state index contributed by atoms with van der Waals surface area (Å²) < 4.78 is 37.1. The fourth-order valence-electron chi connectivity index (χ4n) is 1.38. The Morgan fingerprint density at radius 3 is 2.28 bits per heavy atom. The monoisotopic (exact) mass is 281 g/mol. The van der Waals surface area contributed by atoms with Crippen molar-refractivity contribution in [2.75, 3.05) is 0 Å². The Morgan fingerprint density at radius 1 is 1.33 bits per heavy atom. The molecule has 0 radical (unpaired) electrons. The third-order valence-electron chi connectivity index (χ3n) is 3.15. The summed E-state index contributed by atoms with van der Waals surface area (Å²) in [5.74, 6) is 0.198. The van der Waals surface area contributed by atoms with Crippen molar-refractivity contribution in [1.82, 2.24) is 4.98 Å². The molecular formula is C12H18F3NOS. The van der Waals surface area contributed by atoms with Gasteiger partial charge in [0.15, 0.2) is 5.01 Å². The first-order valence-electron chi connectivity index (χ1n) is 5.73. The van der Waals surface area contributed by atoms with Gasteiger partial charge in [-0.2, -0.15) is 13.2 Å². The Hall–Kier alpha value is -0.620. The highest BCUT2D eigenvalue weighted by atomic mass is 32.1. The number of thiazole rings is 1. The van der Waals surface area contributed by atoms with Crippen molar-refractivity contribution in [3.8, 4) is 0 Å². The van der Waals surface area contributed by atoms with Gasteiger partial charge in [-0.3, -0.25) is 0 Å². The maximum atomic E-state index is 12.4. The molecular weight excluding hydrogens is 263 g/mol. The molecule has 0 saturated carbocycles. The van der Waals surface area contributed by atoms with Gasteiger partial charge in [0, 0.05) is 6.20 Å². The number of aliphatic hydroxyl groups is 1. The summed E-state index contributed by atoms with van der Waals surface area (Å²) in [6, 6.07) is 0. The zero-order chi connectivity index (χ0) is 14.1. The molecule has 0 aliphatic rings. The smallest absolute Gasteiger partial charge is 0.388 e. The van der Waals surface area contributed by atoms with Gasteiger partial charge in [-0.1, -0.05) is 27.7 Å². The number of nitrogens with zero attached hydrogens (tertiary/aromatic N) is 1. The number of aliphatic hydroxyl groups excluding tert-OH is 1. The molecule has 0 bridgehead atoms. The van der Waals surface area contributed by atoms with E-state index < -0.39 is 17.3 Å². The quantitative estimate of drug-likeness (QED) is 0.897. The Bertz CT molecular complexity index is 395. The van der Waals surface area contributed by atoms with E-state index in [1.165, 1.54) is 0 Å². The van der Waals surface area contributed by atoms with Crippen LogP contribution in [-0.2, 0) is 6.18 Å². The molecule has 0 saturated heterocycles. The van der Waals surface area contributed by atoms with E-state index in [0.29, 0.717) is 17.8 Å². The van der Waals surface area contributed by atoms with E-state index in [-0.39, 0.29) is 16.2 Å². The van der Waals surface area contributed by atoms with E-state index in [1.807, 2.05) is 27.7 Å². The molecule has 0 amide bonds. The number of halogens is 3. The van der Waals surface area contributed by atoms with Crippen LogP contribution in [0.25, 0.3) is 0 Å². The fraction of sp³-hybridized carbons (Fsp3) is 0.750. The molecule has 1 aromatic heterocycles. The van der Waals surface area contributed by atoms with Gasteiger partial charge in [0.25, 0.3) is 0 Å². The number of hydrogen-bond acceptors (Lipinski definition) is 3. The second kappa shape index (κ2) is 5.17. The highest BCUT2D eigenvalue weighted by molar-refractivity contribution is 7.11. The average Bonchev–Trinajstić information content (AvgIpc) is 2.63. The molecule has 0 aliphatic carbocycles. The highest BCUT2D eigenvalue weighted by Gasteiger charge is 2.35. The van der Waals surface area contributed by atoms with E-state index in [2.05, 4.69) is 4.98 Å². The van der Waals surface area contributed by atoms with Crippen molar-refractivity contribution in [2.24, 2.45) is 11.3 Å². The minimum atomic E-state index is -4.43. The third-order valence-corrected chi connectivity index (χ3v) is 4.29. The first-order chi connectivity index (χ1) is 8.01. The van der Waals surface area contributed by atoms with Gasteiger partial charge < -0.3 is 5.11 Å². The molecule has 0 aromatic carbocycles. The van der Waals surface area contributed by atoms with Crippen LogP contribution in [0.15, 0.2) is 6.20 Å². The molecule has 6 heteroatoms. The molecule has 1 rings (SSSR count). The Labute approximate surface area is 109 Å². The molecule has 1 heterocycles. The number of rotatable bonds is 3. The zero-order valence-electron chi connectivity index (χ0n) is 10.9. The third kappa shape index (κ3) is 3.95. The molecule has 104 valence electrons. The lowest BCUT2D eigenvalue weighted by Gasteiger charge is -2.28. The van der Waals surface area contributed by atoms with Gasteiger partial charge >= 0.3 is 6.18 Å². The normalized spacial score (nSPS) is 16.7. The minimum absolute atomic E-state index is 0.0124. The van der Waals surface area contributed by atoms with Crippen molar-refractivity contribution >= 4 is 11.3 Å². The molecule has 2 nitrogen and oxygen atoms in total. The summed E-state index contributed by atoms with van der Waals surface area (Å²) in [6.45, 7) is 8.10. The van der Waals surface area contributed by atoms with Crippen LogP contribution < -0.4 is 0 Å². The summed E-state index contributed by atoms with van der Waals surface area (Å²) >= 11 is 0.514. The van der Waals surface area contributed by atoms with Crippen molar-refractivity contribution in [3.63, 3.8) is 0 Å². The van der Waals surface area contributed by atoms with Gasteiger partial charge in [-0.05, 0) is 17.8 Å². The number of aromatic nitrogens is 1. The van der Waals surface area contributed by atoms with Gasteiger partial charge in [0.1, 0.15) is 0 Å². The summed E-state index contributed by atoms with van der Waals surface area (Å²) in [4.78, 5) is 3.59. The van der Waals surface area contributed by atoms with Crippen molar-refractivity contribution < 1.29 is 18.3 Å². The molecule has 18 heavy (non-hydrogen) atoms. The molecule has 2 atom stereocenters. The topological polar surface area (TPSA) is 33.1 Å². The number of hydrogen-bond donors (Lipinski definition) is 1. The van der Waals surface area contributed by atoms with Crippen molar-refractivity contribution in [2.45, 2.75) is 46.4 Å². The van der Waals surface area contributed by atoms with Crippen LogP contribution in [0.2, 0.25) is 0 Å². The lowest BCUT2D eigenvalue weighted by atomic mass is 9.79. The predicted molar refractivity (Wildman–Crippen MR) is 65.3 cm³/mol. The Kier molecular flexibility index (Phi) is 4.43. The lowest BCUT2D eigenvalue weighted by molar-refractivity contribution is -0.137. The summed E-state index contributed by atoms with van der Waals surface area (Å²) in [6.07, 6.45) is -3.76. The van der Waals surface area contributed by atoms with Gasteiger partial charge in [0.05, 0.1) is 11.0 Å². The van der Waals surface area contributed by atoms with Crippen molar-refractivity contribution in [3.05, 3.63) is 16.1 Å². The SMILES string of the molecule is CC(CC(O)c1cnc(C(F)(F)F)s1)C(C)(C)C. The Morgan fingerprint density at radius 2 is 1.89 bits per heavy atom. The standard InChI is InChI=1S/C12H18F3NOS/c1-7(11(2,3)4)5-8(17)9-6-16-10(18-9)12(13,14)15/h6-8,17H,5H2,1-4H3. The summed E-state index contributed by atoms with van der Waals surface area (Å²) in [5, 5.41) is 9.03. The van der Waals surface area contributed by atoms with Crippen LogP contribution in [0, 0.1) is 11.3 Å². The maximum absolute atomic E-state index is 12.4. The zero-order valence-corrected chi connectivity index (χ0v) is 11.7. The van der Waals surface area contributed by atoms with E-state index >= 15 is 0 Å². The molecule has 2 unspecified atom stereocenters. The molecule has 0 spiro atoms. The van der Waals surface area contributed by atoms with E-state index in [9.17, 15) is 18.3 Å². The second-order valence-corrected chi connectivity index (χ2v) is 6.65. The van der Waals surface area contributed by atoms with Crippen LogP contribution in [0.3, 0.4) is 0 Å². The van der Waals surface area contributed by atoms with Crippen LogP contribution in [-0.4, -0.2) is 10.1 Å². The molecule has 1 N–H and O–H groups in total. The fourth-order valence-corrected chi connectivity index (χ4v) is 2.16. The van der Waals surface area contributed by atoms with Crippen LogP contribution in [0.5, 0.6) is 0 Å². The summed E-state index contributed by atoms with van der Waals surface area (Å²) in [5.41, 5.74) is 0.0124. The van der Waals surface area contributed by atoms with E-state index in [1.54, 1.807) is 0 Å². The predicted octanol–water partition coefficient (Wildman–Crippen LogP) is 4.27. The maximum Gasteiger partial charge on any atom is 0.443 e. The van der Waals surface area contributed by atoms with Gasteiger partial charge in [-0.25, -0.2) is 4.98 Å². The largest absolute Gasteiger partial charge is 0.443 e. The second-order valence-electron chi connectivity index (χ2n) is 5.58. The van der Waals surface area contributed by atoms with Gasteiger partial charge in [0.2, 0.25) is 0 Å². The van der Waals surface area contributed by atoms with Gasteiger partial charge in [-0.15, -0.1) is 11.3 Å². The molecule has 0 fully saturated rings. The molecule has 0 aliphatic heterocycles.